The van der Waals surface area contributed by atoms with Gasteiger partial charge in [-0.05, 0) is 30.3 Å². The average Bonchev–Trinajstić information content (AvgIpc) is 3.41. The minimum Gasteiger partial charge on any atom is -0.311 e. The van der Waals surface area contributed by atoms with Crippen LogP contribution in [0.4, 0.5) is 14.5 Å². The van der Waals surface area contributed by atoms with Crippen molar-refractivity contribution >= 4 is 17.4 Å². The van der Waals surface area contributed by atoms with Crippen molar-refractivity contribution in [2.75, 3.05) is 11.6 Å². The largest absolute Gasteiger partial charge is 0.311 e. The third-order valence-corrected chi connectivity index (χ3v) is 4.79. The van der Waals surface area contributed by atoms with Crippen LogP contribution in [0.2, 0.25) is 0 Å². The van der Waals surface area contributed by atoms with E-state index in [-0.39, 0.29) is 11.4 Å². The lowest BCUT2D eigenvalue weighted by atomic mass is 10.1. The van der Waals surface area contributed by atoms with Crippen LogP contribution in [-0.4, -0.2) is 24.4 Å². The molecule has 1 aliphatic carbocycles. The fraction of sp³-hybridized carbons (Fsp3) is 0.263. The maximum Gasteiger partial charge on any atom is 0.303 e. The molecule has 0 aromatic heterocycles. The number of ketones is 1. The number of carbonyl (C=O) groups excluding carboxylic acids is 2. The van der Waals surface area contributed by atoms with E-state index in [4.69, 9.17) is 0 Å². The zero-order valence-corrected chi connectivity index (χ0v) is 13.5. The van der Waals surface area contributed by atoms with Crippen LogP contribution in [0.15, 0.2) is 42.5 Å². The number of nitrogens with one attached hydrogen (secondary N) is 1. The van der Waals surface area contributed by atoms with Crippen molar-refractivity contribution in [1.82, 2.24) is 0 Å². The van der Waals surface area contributed by atoms with Crippen LogP contribution in [0.3, 0.4) is 0 Å². The Morgan fingerprint density at radius 3 is 2.36 bits per heavy atom. The molecule has 1 N–H and O–H groups in total. The van der Waals surface area contributed by atoms with Crippen molar-refractivity contribution in [2.24, 2.45) is 0 Å². The standard InChI is InChI=1S/C19H16F2N2O2/c20-13-3-1-12(2-4-13)10-22(15-6-7-15)11-23-17-8-5-14(21)9-16(17)18(24)19(23)25/h1-5,8-9,15H,6-7,10-11H2/p+1. The summed E-state index contributed by atoms with van der Waals surface area (Å²) in [5, 5.41) is 0. The molecule has 1 unspecified atom stereocenters. The second-order valence-electron chi connectivity index (χ2n) is 6.62. The highest BCUT2D eigenvalue weighted by Gasteiger charge is 2.41. The average molecular weight is 343 g/mol. The molecular weight excluding hydrogens is 326 g/mol. The summed E-state index contributed by atoms with van der Waals surface area (Å²) in [6, 6.07) is 10.6. The molecule has 1 saturated carbocycles. The summed E-state index contributed by atoms with van der Waals surface area (Å²) in [5.74, 6) is -2.09. The number of benzene rings is 2. The number of Topliss-reactive ketones (excluding diaryl/α,β-unsaturated/α-hetero) is 1. The number of anilines is 1. The Bertz CT molecular complexity index is 847. The predicted molar refractivity (Wildman–Crippen MR) is 87.2 cm³/mol. The SMILES string of the molecule is O=C1C(=O)N(C[NH+](Cc2ccc(F)cc2)C2CC2)c2ccc(F)cc21. The summed E-state index contributed by atoms with van der Waals surface area (Å²) < 4.78 is 26.5. The zero-order valence-electron chi connectivity index (χ0n) is 13.5. The fourth-order valence-corrected chi connectivity index (χ4v) is 3.32. The minimum absolute atomic E-state index is 0.127. The zero-order chi connectivity index (χ0) is 17.6. The Labute approximate surface area is 143 Å². The first-order chi connectivity index (χ1) is 12.0. The minimum atomic E-state index is -0.661. The van der Waals surface area contributed by atoms with Crippen molar-refractivity contribution in [3.63, 3.8) is 0 Å². The second kappa shape index (κ2) is 6.04. The Morgan fingerprint density at radius 2 is 1.68 bits per heavy atom. The first-order valence-corrected chi connectivity index (χ1v) is 8.27. The van der Waals surface area contributed by atoms with Gasteiger partial charge in [-0.15, -0.1) is 0 Å². The molecule has 0 radical (unpaired) electrons. The molecule has 1 heterocycles. The summed E-state index contributed by atoms with van der Waals surface area (Å²) in [6.07, 6.45) is 2.12. The smallest absolute Gasteiger partial charge is 0.303 e. The molecule has 2 aromatic carbocycles. The normalized spacial score (nSPS) is 17.8. The van der Waals surface area contributed by atoms with Gasteiger partial charge in [-0.2, -0.15) is 0 Å². The van der Waals surface area contributed by atoms with E-state index in [1.165, 1.54) is 29.2 Å². The van der Waals surface area contributed by atoms with Crippen molar-refractivity contribution in [2.45, 2.75) is 25.4 Å². The predicted octanol–water partition coefficient (Wildman–Crippen LogP) is 1.70. The van der Waals surface area contributed by atoms with Crippen LogP contribution in [0, 0.1) is 11.6 Å². The summed E-state index contributed by atoms with van der Waals surface area (Å²) in [7, 11) is 0. The molecule has 4 rings (SSSR count). The van der Waals surface area contributed by atoms with Gasteiger partial charge in [-0.1, -0.05) is 12.1 Å². The van der Waals surface area contributed by atoms with Crippen molar-refractivity contribution in [3.05, 3.63) is 65.2 Å². The maximum atomic E-state index is 13.4. The molecule has 0 bridgehead atoms. The number of halogens is 2. The molecule has 2 aromatic rings. The highest BCUT2D eigenvalue weighted by molar-refractivity contribution is 6.52. The molecule has 2 aliphatic rings. The van der Waals surface area contributed by atoms with E-state index in [1.54, 1.807) is 12.1 Å². The van der Waals surface area contributed by atoms with Crippen molar-refractivity contribution in [1.29, 1.82) is 0 Å². The quantitative estimate of drug-likeness (QED) is 0.840. The number of nitrogens with zero attached hydrogens (tertiary/aromatic N) is 1. The van der Waals surface area contributed by atoms with E-state index in [0.717, 1.165) is 29.4 Å². The number of rotatable bonds is 5. The van der Waals surface area contributed by atoms with Crippen LogP contribution in [0.25, 0.3) is 0 Å². The fourth-order valence-electron chi connectivity index (χ4n) is 3.32. The first-order valence-electron chi connectivity index (χ1n) is 8.27. The third-order valence-electron chi connectivity index (χ3n) is 4.79. The van der Waals surface area contributed by atoms with E-state index >= 15 is 0 Å². The molecule has 1 aliphatic heterocycles. The number of fused-ring (bicyclic) bond motifs is 1. The van der Waals surface area contributed by atoms with Gasteiger partial charge in [0, 0.05) is 18.4 Å². The monoisotopic (exact) mass is 343 g/mol. The van der Waals surface area contributed by atoms with Gasteiger partial charge < -0.3 is 4.90 Å². The lowest BCUT2D eigenvalue weighted by Gasteiger charge is -2.25. The van der Waals surface area contributed by atoms with Gasteiger partial charge >= 0.3 is 5.91 Å². The number of quaternary nitrogens is 1. The van der Waals surface area contributed by atoms with Gasteiger partial charge in [0.05, 0.1) is 17.3 Å². The molecule has 0 spiro atoms. The highest BCUT2D eigenvalue weighted by atomic mass is 19.1. The molecule has 4 nitrogen and oxygen atoms in total. The Morgan fingerprint density at radius 1 is 1.00 bits per heavy atom. The first kappa shape index (κ1) is 15.9. The molecule has 6 heteroatoms. The molecule has 25 heavy (non-hydrogen) atoms. The topological polar surface area (TPSA) is 41.8 Å². The van der Waals surface area contributed by atoms with E-state index in [9.17, 15) is 18.4 Å². The van der Waals surface area contributed by atoms with Crippen LogP contribution in [0.5, 0.6) is 0 Å². The Balaban J connectivity index is 1.58. The van der Waals surface area contributed by atoms with Gasteiger partial charge in [-0.3, -0.25) is 14.5 Å². The maximum absolute atomic E-state index is 13.4. The summed E-state index contributed by atoms with van der Waals surface area (Å²) in [6.45, 7) is 0.977. The number of carbonyl (C=O) groups is 2. The van der Waals surface area contributed by atoms with Crippen LogP contribution < -0.4 is 9.80 Å². The lowest BCUT2D eigenvalue weighted by molar-refractivity contribution is -0.923. The molecule has 1 fully saturated rings. The summed E-state index contributed by atoms with van der Waals surface area (Å²) in [4.78, 5) is 27.0. The molecular formula is C19H17F2N2O2+. The van der Waals surface area contributed by atoms with Crippen molar-refractivity contribution < 1.29 is 23.3 Å². The van der Waals surface area contributed by atoms with Gasteiger partial charge in [0.1, 0.15) is 18.2 Å². The molecule has 1 amide bonds. The number of hydrogen-bond acceptors (Lipinski definition) is 2. The molecule has 0 saturated heterocycles. The van der Waals surface area contributed by atoms with Crippen LogP contribution >= 0.6 is 0 Å². The summed E-state index contributed by atoms with van der Waals surface area (Å²) >= 11 is 0. The summed E-state index contributed by atoms with van der Waals surface area (Å²) in [5.41, 5.74) is 1.57. The molecule has 128 valence electrons. The second-order valence-corrected chi connectivity index (χ2v) is 6.62. The Hall–Kier alpha value is -2.60. The van der Waals surface area contributed by atoms with Gasteiger partial charge in [0.2, 0.25) is 0 Å². The van der Waals surface area contributed by atoms with Crippen LogP contribution in [-0.2, 0) is 11.3 Å². The van der Waals surface area contributed by atoms with Gasteiger partial charge in [-0.25, -0.2) is 8.78 Å². The van der Waals surface area contributed by atoms with E-state index in [0.29, 0.717) is 24.9 Å². The highest BCUT2D eigenvalue weighted by Crippen LogP contribution is 2.29. The van der Waals surface area contributed by atoms with Crippen molar-refractivity contribution in [3.8, 4) is 0 Å². The molecule has 1 atom stereocenters. The number of hydrogen-bond donors (Lipinski definition) is 1. The lowest BCUT2D eigenvalue weighted by Crippen LogP contribution is -3.13. The van der Waals surface area contributed by atoms with E-state index in [1.807, 2.05) is 0 Å². The van der Waals surface area contributed by atoms with Gasteiger partial charge in [0.15, 0.2) is 6.67 Å². The third kappa shape index (κ3) is 3.05. The Kier molecular flexibility index (Phi) is 3.84. The van der Waals surface area contributed by atoms with Gasteiger partial charge in [0.25, 0.3) is 5.78 Å². The van der Waals surface area contributed by atoms with Crippen LogP contribution in [0.1, 0.15) is 28.8 Å². The van der Waals surface area contributed by atoms with E-state index in [2.05, 4.69) is 0 Å². The number of amides is 1. The van der Waals surface area contributed by atoms with E-state index < -0.39 is 17.5 Å².